The lowest BCUT2D eigenvalue weighted by molar-refractivity contribution is 0.949. The van der Waals surface area contributed by atoms with E-state index in [1.807, 2.05) is 7.05 Å². The molecule has 1 aliphatic heterocycles. The molecule has 0 amide bonds. The lowest BCUT2D eigenvalue weighted by Gasteiger charge is -2.19. The van der Waals surface area contributed by atoms with Crippen LogP contribution in [0.1, 0.15) is 18.4 Å². The molecule has 0 radical (unpaired) electrons. The molecule has 0 unspecified atom stereocenters. The van der Waals surface area contributed by atoms with E-state index in [1.54, 1.807) is 0 Å². The molecule has 1 fully saturated rings. The van der Waals surface area contributed by atoms with Crippen LogP contribution in [-0.2, 0) is 0 Å². The smallest absolute Gasteiger partial charge is 0.0388 e. The third kappa shape index (κ3) is 1.69. The molecule has 1 N–H and O–H groups in total. The van der Waals surface area contributed by atoms with Gasteiger partial charge in [0.1, 0.15) is 0 Å². The maximum Gasteiger partial charge on any atom is 0.0388 e. The molecule has 1 aromatic carbocycles. The molecule has 1 aromatic rings. The van der Waals surface area contributed by atoms with E-state index in [1.165, 1.54) is 42.9 Å². The molecule has 2 rings (SSSR count). The van der Waals surface area contributed by atoms with Crippen molar-refractivity contribution in [1.29, 1.82) is 0 Å². The Morgan fingerprint density at radius 1 is 1.21 bits per heavy atom. The maximum absolute atomic E-state index is 3.23. The molecule has 0 bridgehead atoms. The minimum absolute atomic E-state index is 1.21. The van der Waals surface area contributed by atoms with Gasteiger partial charge in [0.05, 0.1) is 0 Å². The summed E-state index contributed by atoms with van der Waals surface area (Å²) in [6.45, 7) is 4.57. The molecule has 14 heavy (non-hydrogen) atoms. The number of benzene rings is 1. The highest BCUT2D eigenvalue weighted by Crippen LogP contribution is 2.25. The van der Waals surface area contributed by atoms with Crippen molar-refractivity contribution < 1.29 is 0 Å². The van der Waals surface area contributed by atoms with Gasteiger partial charge in [-0.25, -0.2) is 0 Å². The van der Waals surface area contributed by atoms with Crippen molar-refractivity contribution in [2.75, 3.05) is 30.4 Å². The van der Waals surface area contributed by atoms with Gasteiger partial charge in [0.2, 0.25) is 0 Å². The van der Waals surface area contributed by atoms with Gasteiger partial charge in [0.15, 0.2) is 0 Å². The van der Waals surface area contributed by atoms with Crippen LogP contribution < -0.4 is 10.2 Å². The Kier molecular flexibility index (Phi) is 2.62. The van der Waals surface area contributed by atoms with E-state index in [0.717, 1.165) is 0 Å². The zero-order valence-corrected chi connectivity index (χ0v) is 9.01. The van der Waals surface area contributed by atoms with E-state index in [0.29, 0.717) is 0 Å². The molecule has 0 spiro atoms. The summed E-state index contributed by atoms with van der Waals surface area (Å²) in [6.07, 6.45) is 2.67. The lowest BCUT2D eigenvalue weighted by atomic mass is 10.1. The molecule has 2 nitrogen and oxygen atoms in total. The minimum atomic E-state index is 1.21. The summed E-state index contributed by atoms with van der Waals surface area (Å²) in [5.74, 6) is 0. The summed E-state index contributed by atoms with van der Waals surface area (Å²) < 4.78 is 0. The first kappa shape index (κ1) is 9.38. The van der Waals surface area contributed by atoms with E-state index in [9.17, 15) is 0 Å². The van der Waals surface area contributed by atoms with Crippen molar-refractivity contribution in [1.82, 2.24) is 0 Å². The Hall–Kier alpha value is -1.18. The second kappa shape index (κ2) is 3.91. The molecule has 0 aromatic heterocycles. The Morgan fingerprint density at radius 3 is 2.57 bits per heavy atom. The van der Waals surface area contributed by atoms with Gasteiger partial charge in [0, 0.05) is 31.5 Å². The zero-order valence-electron chi connectivity index (χ0n) is 9.01. The number of nitrogens with zero attached hydrogens (tertiary/aromatic N) is 1. The van der Waals surface area contributed by atoms with Crippen LogP contribution in [0.25, 0.3) is 0 Å². The molecule has 2 heteroatoms. The first-order valence-electron chi connectivity index (χ1n) is 5.34. The molecular weight excluding hydrogens is 172 g/mol. The lowest BCUT2D eigenvalue weighted by Crippen LogP contribution is -2.17. The van der Waals surface area contributed by atoms with Crippen molar-refractivity contribution in [3.05, 3.63) is 23.8 Å². The number of hydrogen-bond donors (Lipinski definition) is 1. The van der Waals surface area contributed by atoms with Crippen LogP contribution in [0, 0.1) is 6.92 Å². The number of anilines is 2. The maximum atomic E-state index is 3.23. The van der Waals surface area contributed by atoms with Gasteiger partial charge in [-0.15, -0.1) is 0 Å². The fraction of sp³-hybridized carbons (Fsp3) is 0.500. The molecule has 0 atom stereocenters. The molecule has 76 valence electrons. The van der Waals surface area contributed by atoms with Crippen molar-refractivity contribution in [2.24, 2.45) is 0 Å². The Bertz CT molecular complexity index is 314. The molecule has 1 saturated heterocycles. The summed E-state index contributed by atoms with van der Waals surface area (Å²) >= 11 is 0. The first-order chi connectivity index (χ1) is 6.81. The standard InChI is InChI=1S/C12H18N2/c1-10-5-6-11(9-12(10)13-2)14-7-3-4-8-14/h5-6,9,13H,3-4,7-8H2,1-2H3. The zero-order chi connectivity index (χ0) is 9.97. The second-order valence-corrected chi connectivity index (χ2v) is 3.94. The second-order valence-electron chi connectivity index (χ2n) is 3.94. The summed E-state index contributed by atoms with van der Waals surface area (Å²) in [6, 6.07) is 6.67. The van der Waals surface area contributed by atoms with Crippen LogP contribution >= 0.6 is 0 Å². The predicted molar refractivity (Wildman–Crippen MR) is 62.2 cm³/mol. The number of rotatable bonds is 2. The summed E-state index contributed by atoms with van der Waals surface area (Å²) in [5.41, 5.74) is 3.92. The quantitative estimate of drug-likeness (QED) is 0.771. The van der Waals surface area contributed by atoms with Crippen molar-refractivity contribution in [2.45, 2.75) is 19.8 Å². The normalized spacial score (nSPS) is 16.0. The highest BCUT2D eigenvalue weighted by Gasteiger charge is 2.12. The molecule has 0 aliphatic carbocycles. The van der Waals surface area contributed by atoms with Crippen LogP contribution in [0.4, 0.5) is 11.4 Å². The van der Waals surface area contributed by atoms with E-state index < -0.39 is 0 Å². The Labute approximate surface area is 85.9 Å². The van der Waals surface area contributed by atoms with Gasteiger partial charge in [-0.2, -0.15) is 0 Å². The largest absolute Gasteiger partial charge is 0.388 e. The summed E-state index contributed by atoms with van der Waals surface area (Å²) in [7, 11) is 1.98. The molecule has 0 saturated carbocycles. The third-order valence-corrected chi connectivity index (χ3v) is 2.96. The average molecular weight is 190 g/mol. The van der Waals surface area contributed by atoms with E-state index in [2.05, 4.69) is 35.3 Å². The van der Waals surface area contributed by atoms with Crippen LogP contribution in [-0.4, -0.2) is 20.1 Å². The number of nitrogens with one attached hydrogen (secondary N) is 1. The van der Waals surface area contributed by atoms with Gasteiger partial charge in [0.25, 0.3) is 0 Å². The predicted octanol–water partition coefficient (Wildman–Crippen LogP) is 2.64. The summed E-state index contributed by atoms with van der Waals surface area (Å²) in [4.78, 5) is 2.46. The van der Waals surface area contributed by atoms with Gasteiger partial charge >= 0.3 is 0 Å². The minimum Gasteiger partial charge on any atom is -0.388 e. The highest BCUT2D eigenvalue weighted by molar-refractivity contribution is 5.62. The van der Waals surface area contributed by atoms with Crippen molar-refractivity contribution >= 4 is 11.4 Å². The Balaban J connectivity index is 2.25. The van der Waals surface area contributed by atoms with E-state index in [-0.39, 0.29) is 0 Å². The van der Waals surface area contributed by atoms with Gasteiger partial charge in [-0.05, 0) is 37.5 Å². The average Bonchev–Trinajstić information content (AvgIpc) is 2.71. The molecule has 1 aliphatic rings. The number of aryl methyl sites for hydroxylation is 1. The molecule has 1 heterocycles. The fourth-order valence-corrected chi connectivity index (χ4v) is 2.05. The first-order valence-corrected chi connectivity index (χ1v) is 5.34. The van der Waals surface area contributed by atoms with Gasteiger partial charge < -0.3 is 10.2 Å². The van der Waals surface area contributed by atoms with Crippen LogP contribution in [0.5, 0.6) is 0 Å². The topological polar surface area (TPSA) is 15.3 Å². The van der Waals surface area contributed by atoms with Crippen LogP contribution in [0.3, 0.4) is 0 Å². The van der Waals surface area contributed by atoms with Crippen LogP contribution in [0.2, 0.25) is 0 Å². The van der Waals surface area contributed by atoms with Crippen LogP contribution in [0.15, 0.2) is 18.2 Å². The van der Waals surface area contributed by atoms with Crippen molar-refractivity contribution in [3.63, 3.8) is 0 Å². The van der Waals surface area contributed by atoms with Gasteiger partial charge in [-0.1, -0.05) is 6.07 Å². The SMILES string of the molecule is CNc1cc(N2CCCC2)ccc1C. The monoisotopic (exact) mass is 190 g/mol. The van der Waals surface area contributed by atoms with Crippen molar-refractivity contribution in [3.8, 4) is 0 Å². The highest BCUT2D eigenvalue weighted by atomic mass is 15.1. The fourth-order valence-electron chi connectivity index (χ4n) is 2.05. The van der Waals surface area contributed by atoms with Gasteiger partial charge in [-0.3, -0.25) is 0 Å². The third-order valence-electron chi connectivity index (χ3n) is 2.96. The Morgan fingerprint density at radius 2 is 1.93 bits per heavy atom. The van der Waals surface area contributed by atoms with E-state index in [4.69, 9.17) is 0 Å². The number of hydrogen-bond acceptors (Lipinski definition) is 2. The molecular formula is C12H18N2. The van der Waals surface area contributed by atoms with E-state index >= 15 is 0 Å². The summed E-state index contributed by atoms with van der Waals surface area (Å²) in [5, 5.41) is 3.23.